The van der Waals surface area contributed by atoms with Crippen LogP contribution in [-0.4, -0.2) is 11.0 Å². The zero-order valence-corrected chi connectivity index (χ0v) is 13.0. The van der Waals surface area contributed by atoms with Gasteiger partial charge in [-0.2, -0.15) is 0 Å². The first-order valence-electron chi connectivity index (χ1n) is 7.93. The Morgan fingerprint density at radius 2 is 1.67 bits per heavy atom. The van der Waals surface area contributed by atoms with Gasteiger partial charge in [-0.25, -0.2) is 0 Å². The molecule has 0 unspecified atom stereocenters. The molecule has 2 N–H and O–H groups in total. The van der Waals surface area contributed by atoms with Crippen molar-refractivity contribution in [1.82, 2.24) is 4.98 Å². The summed E-state index contributed by atoms with van der Waals surface area (Å²) in [6.45, 7) is 4.33. The Morgan fingerprint density at radius 1 is 0.952 bits per heavy atom. The SMILES string of the molecule is Cc1cncc(-c2ccccc2C2CCC(N)CC2)c1C. The minimum Gasteiger partial charge on any atom is -0.328 e. The summed E-state index contributed by atoms with van der Waals surface area (Å²) in [4.78, 5) is 4.40. The second-order valence-corrected chi connectivity index (χ2v) is 6.33. The van der Waals surface area contributed by atoms with E-state index in [0.29, 0.717) is 12.0 Å². The van der Waals surface area contributed by atoms with E-state index in [1.807, 2.05) is 12.4 Å². The largest absolute Gasteiger partial charge is 0.328 e. The molecule has 0 spiro atoms. The average molecular weight is 280 g/mol. The lowest BCUT2D eigenvalue weighted by Crippen LogP contribution is -2.25. The molecule has 0 saturated heterocycles. The van der Waals surface area contributed by atoms with Crippen LogP contribution in [0, 0.1) is 13.8 Å². The summed E-state index contributed by atoms with van der Waals surface area (Å²) in [6, 6.07) is 9.23. The summed E-state index contributed by atoms with van der Waals surface area (Å²) in [6.07, 6.45) is 8.65. The number of rotatable bonds is 2. The van der Waals surface area contributed by atoms with Crippen LogP contribution in [0.3, 0.4) is 0 Å². The van der Waals surface area contributed by atoms with Crippen molar-refractivity contribution in [2.24, 2.45) is 5.73 Å². The van der Waals surface area contributed by atoms with E-state index >= 15 is 0 Å². The van der Waals surface area contributed by atoms with Crippen LogP contribution < -0.4 is 5.73 Å². The van der Waals surface area contributed by atoms with Gasteiger partial charge in [-0.3, -0.25) is 4.98 Å². The van der Waals surface area contributed by atoms with Crippen LogP contribution >= 0.6 is 0 Å². The maximum atomic E-state index is 6.06. The fourth-order valence-electron chi connectivity index (χ4n) is 3.43. The van der Waals surface area contributed by atoms with E-state index in [9.17, 15) is 0 Å². The summed E-state index contributed by atoms with van der Waals surface area (Å²) in [5.41, 5.74) is 12.8. The molecule has 2 heteroatoms. The zero-order valence-electron chi connectivity index (χ0n) is 13.0. The molecule has 0 atom stereocenters. The lowest BCUT2D eigenvalue weighted by molar-refractivity contribution is 0.396. The van der Waals surface area contributed by atoms with E-state index in [-0.39, 0.29) is 0 Å². The predicted octanol–water partition coefficient (Wildman–Crippen LogP) is 4.35. The monoisotopic (exact) mass is 280 g/mol. The minimum absolute atomic E-state index is 0.399. The summed E-state index contributed by atoms with van der Waals surface area (Å²) in [5.74, 6) is 0.640. The van der Waals surface area contributed by atoms with Gasteiger partial charge in [0.15, 0.2) is 0 Å². The van der Waals surface area contributed by atoms with Gasteiger partial charge in [0, 0.05) is 24.0 Å². The van der Waals surface area contributed by atoms with Crippen LogP contribution in [0.1, 0.15) is 48.3 Å². The molecule has 110 valence electrons. The van der Waals surface area contributed by atoms with Gasteiger partial charge in [-0.05, 0) is 67.7 Å². The van der Waals surface area contributed by atoms with Gasteiger partial charge in [0.05, 0.1) is 0 Å². The van der Waals surface area contributed by atoms with Crippen molar-refractivity contribution in [3.8, 4) is 11.1 Å². The van der Waals surface area contributed by atoms with E-state index in [2.05, 4.69) is 43.1 Å². The first-order chi connectivity index (χ1) is 10.2. The lowest BCUT2D eigenvalue weighted by Gasteiger charge is -2.28. The van der Waals surface area contributed by atoms with Crippen LogP contribution in [0.25, 0.3) is 11.1 Å². The van der Waals surface area contributed by atoms with Crippen molar-refractivity contribution < 1.29 is 0 Å². The lowest BCUT2D eigenvalue weighted by atomic mass is 9.79. The van der Waals surface area contributed by atoms with Gasteiger partial charge in [-0.1, -0.05) is 24.3 Å². The Bertz CT molecular complexity index is 625. The number of nitrogens with zero attached hydrogens (tertiary/aromatic N) is 1. The van der Waals surface area contributed by atoms with E-state index in [1.165, 1.54) is 40.7 Å². The van der Waals surface area contributed by atoms with Crippen molar-refractivity contribution in [3.63, 3.8) is 0 Å². The maximum Gasteiger partial charge on any atom is 0.0349 e. The number of aromatic nitrogens is 1. The smallest absolute Gasteiger partial charge is 0.0349 e. The molecule has 3 rings (SSSR count). The number of hydrogen-bond acceptors (Lipinski definition) is 2. The highest BCUT2D eigenvalue weighted by Gasteiger charge is 2.22. The van der Waals surface area contributed by atoms with Gasteiger partial charge >= 0.3 is 0 Å². The van der Waals surface area contributed by atoms with Gasteiger partial charge in [-0.15, -0.1) is 0 Å². The standard InChI is InChI=1S/C19H24N2/c1-13-11-21-12-19(14(13)2)18-6-4-3-5-17(18)15-7-9-16(20)10-8-15/h3-6,11-12,15-16H,7-10,20H2,1-2H3. The molecule has 1 fully saturated rings. The molecule has 2 aromatic rings. The van der Waals surface area contributed by atoms with Gasteiger partial charge in [0.1, 0.15) is 0 Å². The van der Waals surface area contributed by atoms with Gasteiger partial charge < -0.3 is 5.73 Å². The molecule has 21 heavy (non-hydrogen) atoms. The minimum atomic E-state index is 0.399. The molecule has 1 saturated carbocycles. The molecular formula is C19H24N2. The summed E-state index contributed by atoms with van der Waals surface area (Å²) in [7, 11) is 0. The van der Waals surface area contributed by atoms with E-state index in [1.54, 1.807) is 0 Å². The molecule has 0 bridgehead atoms. The molecule has 1 aliphatic rings. The molecule has 0 radical (unpaired) electrons. The molecule has 1 heterocycles. The number of benzene rings is 1. The number of nitrogens with two attached hydrogens (primary N) is 1. The van der Waals surface area contributed by atoms with E-state index in [4.69, 9.17) is 5.73 Å². The highest BCUT2D eigenvalue weighted by Crippen LogP contribution is 2.38. The Kier molecular flexibility index (Phi) is 4.07. The second kappa shape index (κ2) is 5.98. The number of pyridine rings is 1. The topological polar surface area (TPSA) is 38.9 Å². The Morgan fingerprint density at radius 3 is 2.43 bits per heavy atom. The Hall–Kier alpha value is -1.67. The van der Waals surface area contributed by atoms with Gasteiger partial charge in [0.2, 0.25) is 0 Å². The fraction of sp³-hybridized carbons (Fsp3) is 0.421. The van der Waals surface area contributed by atoms with Crippen LogP contribution in [0.2, 0.25) is 0 Å². The normalized spacial score (nSPS) is 22.2. The van der Waals surface area contributed by atoms with Crippen molar-refractivity contribution >= 4 is 0 Å². The molecule has 1 aromatic carbocycles. The molecule has 0 aliphatic heterocycles. The van der Waals surface area contributed by atoms with Crippen molar-refractivity contribution in [3.05, 3.63) is 53.3 Å². The van der Waals surface area contributed by atoms with Crippen LogP contribution in [-0.2, 0) is 0 Å². The van der Waals surface area contributed by atoms with Crippen molar-refractivity contribution in [1.29, 1.82) is 0 Å². The highest BCUT2D eigenvalue weighted by atomic mass is 14.6. The highest BCUT2D eigenvalue weighted by molar-refractivity contribution is 5.71. The third-order valence-corrected chi connectivity index (χ3v) is 4.93. The fourth-order valence-corrected chi connectivity index (χ4v) is 3.43. The molecular weight excluding hydrogens is 256 g/mol. The molecule has 1 aliphatic carbocycles. The quantitative estimate of drug-likeness (QED) is 0.888. The first kappa shape index (κ1) is 14.3. The third kappa shape index (κ3) is 2.86. The molecule has 1 aromatic heterocycles. The van der Waals surface area contributed by atoms with E-state index < -0.39 is 0 Å². The van der Waals surface area contributed by atoms with Gasteiger partial charge in [0.25, 0.3) is 0 Å². The Balaban J connectivity index is 2.02. The van der Waals surface area contributed by atoms with E-state index in [0.717, 1.165) is 12.8 Å². The third-order valence-electron chi connectivity index (χ3n) is 4.93. The zero-order chi connectivity index (χ0) is 14.8. The van der Waals surface area contributed by atoms with Crippen LogP contribution in [0.5, 0.6) is 0 Å². The average Bonchev–Trinajstić information content (AvgIpc) is 2.51. The molecule has 2 nitrogen and oxygen atoms in total. The van der Waals surface area contributed by atoms with Crippen LogP contribution in [0.15, 0.2) is 36.7 Å². The number of aryl methyl sites for hydroxylation is 1. The summed E-state index contributed by atoms with van der Waals surface area (Å²) in [5, 5.41) is 0. The Labute approximate surface area is 127 Å². The first-order valence-corrected chi connectivity index (χ1v) is 7.93. The summed E-state index contributed by atoms with van der Waals surface area (Å²) < 4.78 is 0. The van der Waals surface area contributed by atoms with Crippen molar-refractivity contribution in [2.45, 2.75) is 51.5 Å². The molecule has 0 amide bonds. The maximum absolute atomic E-state index is 6.06. The van der Waals surface area contributed by atoms with Crippen LogP contribution in [0.4, 0.5) is 0 Å². The second-order valence-electron chi connectivity index (χ2n) is 6.33. The number of hydrogen-bond donors (Lipinski definition) is 1. The summed E-state index contributed by atoms with van der Waals surface area (Å²) >= 11 is 0. The predicted molar refractivity (Wildman–Crippen MR) is 88.3 cm³/mol. The van der Waals surface area contributed by atoms with Crippen molar-refractivity contribution in [2.75, 3.05) is 0 Å².